The Morgan fingerprint density at radius 1 is 1.25 bits per heavy atom. The molecule has 0 aliphatic carbocycles. The largest absolute Gasteiger partial charge is 0.459 e. The van der Waals surface area contributed by atoms with Gasteiger partial charge in [-0.2, -0.15) is 0 Å². The molecule has 1 aromatic rings. The number of esters is 1. The summed E-state index contributed by atoms with van der Waals surface area (Å²) in [6, 6.07) is 10.1. The van der Waals surface area contributed by atoms with Crippen molar-refractivity contribution < 1.29 is 19.6 Å². The molecule has 1 fully saturated rings. The van der Waals surface area contributed by atoms with E-state index in [2.05, 4.69) is 17.4 Å². The van der Waals surface area contributed by atoms with Gasteiger partial charge in [0.15, 0.2) is 0 Å². The van der Waals surface area contributed by atoms with Crippen LogP contribution in [-0.4, -0.2) is 37.9 Å². The van der Waals surface area contributed by atoms with Crippen LogP contribution in [0.25, 0.3) is 0 Å². The molecule has 24 heavy (non-hydrogen) atoms. The SMILES string of the molecule is COC(Cc1ccccc1)C(C)C(=O)OC(C)(C)C1CC[NH2+]CC1. The van der Waals surface area contributed by atoms with Crippen LogP contribution in [0.2, 0.25) is 0 Å². The number of carbonyl (C=O) groups excluding carboxylic acids is 1. The Bertz CT molecular complexity index is 509. The molecular formula is C20H32NO3+. The molecule has 0 saturated carbocycles. The van der Waals surface area contributed by atoms with Crippen LogP contribution in [0.15, 0.2) is 30.3 Å². The second kappa shape index (κ2) is 8.63. The molecule has 0 amide bonds. The molecule has 1 aromatic carbocycles. The summed E-state index contributed by atoms with van der Waals surface area (Å²) in [7, 11) is 1.67. The summed E-state index contributed by atoms with van der Waals surface area (Å²) in [5.74, 6) is -0.00395. The summed E-state index contributed by atoms with van der Waals surface area (Å²) in [5.41, 5.74) is 0.760. The zero-order chi connectivity index (χ0) is 17.6. The van der Waals surface area contributed by atoms with Crippen LogP contribution in [0.5, 0.6) is 0 Å². The van der Waals surface area contributed by atoms with Crippen molar-refractivity contribution in [1.82, 2.24) is 0 Å². The number of benzene rings is 1. The Morgan fingerprint density at radius 3 is 2.46 bits per heavy atom. The van der Waals surface area contributed by atoms with Crippen molar-refractivity contribution in [1.29, 1.82) is 0 Å². The number of hydrogen-bond acceptors (Lipinski definition) is 3. The minimum atomic E-state index is -0.412. The predicted octanol–water partition coefficient (Wildman–Crippen LogP) is 2.18. The van der Waals surface area contributed by atoms with E-state index in [0.29, 0.717) is 12.3 Å². The maximum Gasteiger partial charge on any atom is 0.311 e. The number of piperidine rings is 1. The first kappa shape index (κ1) is 18.9. The summed E-state index contributed by atoms with van der Waals surface area (Å²) in [6.07, 6.45) is 2.75. The zero-order valence-electron chi connectivity index (χ0n) is 15.5. The number of nitrogens with two attached hydrogens (primary N) is 1. The summed E-state index contributed by atoms with van der Waals surface area (Å²) >= 11 is 0. The molecule has 1 aliphatic heterocycles. The lowest BCUT2D eigenvalue weighted by Gasteiger charge is -2.36. The topological polar surface area (TPSA) is 52.1 Å². The van der Waals surface area contributed by atoms with Gasteiger partial charge >= 0.3 is 5.97 Å². The molecule has 4 nitrogen and oxygen atoms in total. The van der Waals surface area contributed by atoms with Crippen LogP contribution in [0.4, 0.5) is 0 Å². The Labute approximate surface area is 145 Å². The van der Waals surface area contributed by atoms with Crippen LogP contribution >= 0.6 is 0 Å². The third-order valence-corrected chi connectivity index (χ3v) is 5.30. The predicted molar refractivity (Wildman–Crippen MR) is 94.7 cm³/mol. The number of rotatable bonds is 7. The van der Waals surface area contributed by atoms with Crippen molar-refractivity contribution in [3.05, 3.63) is 35.9 Å². The van der Waals surface area contributed by atoms with E-state index in [1.807, 2.05) is 39.0 Å². The Kier molecular flexibility index (Phi) is 6.81. The smallest absolute Gasteiger partial charge is 0.311 e. The molecule has 1 aliphatic rings. The van der Waals surface area contributed by atoms with Crippen molar-refractivity contribution in [3.63, 3.8) is 0 Å². The third-order valence-electron chi connectivity index (χ3n) is 5.30. The van der Waals surface area contributed by atoms with Crippen LogP contribution in [-0.2, 0) is 20.7 Å². The fourth-order valence-electron chi connectivity index (χ4n) is 3.52. The number of hydrogen-bond donors (Lipinski definition) is 1. The molecule has 0 bridgehead atoms. The van der Waals surface area contributed by atoms with Crippen LogP contribution in [0.3, 0.4) is 0 Å². The minimum absolute atomic E-state index is 0.155. The highest BCUT2D eigenvalue weighted by Crippen LogP contribution is 2.29. The third kappa shape index (κ3) is 5.05. The minimum Gasteiger partial charge on any atom is -0.459 e. The lowest BCUT2D eigenvalue weighted by atomic mass is 9.83. The average molecular weight is 334 g/mol. The number of ether oxygens (including phenoxy) is 2. The van der Waals surface area contributed by atoms with Gasteiger partial charge in [-0.05, 0) is 32.8 Å². The average Bonchev–Trinajstić information content (AvgIpc) is 2.60. The monoisotopic (exact) mass is 334 g/mol. The Morgan fingerprint density at radius 2 is 1.88 bits per heavy atom. The lowest BCUT2D eigenvalue weighted by molar-refractivity contribution is -0.665. The van der Waals surface area contributed by atoms with E-state index in [1.54, 1.807) is 7.11 Å². The highest BCUT2D eigenvalue weighted by molar-refractivity contribution is 5.73. The van der Waals surface area contributed by atoms with E-state index in [9.17, 15) is 4.79 Å². The molecule has 0 spiro atoms. The summed E-state index contributed by atoms with van der Waals surface area (Å²) in [4.78, 5) is 12.7. The Balaban J connectivity index is 1.96. The summed E-state index contributed by atoms with van der Waals surface area (Å²) < 4.78 is 11.5. The maximum absolute atomic E-state index is 12.7. The summed E-state index contributed by atoms with van der Waals surface area (Å²) in [5, 5.41) is 2.33. The van der Waals surface area contributed by atoms with Gasteiger partial charge in [0.05, 0.1) is 25.1 Å². The fraction of sp³-hybridized carbons (Fsp3) is 0.650. The van der Waals surface area contributed by atoms with E-state index < -0.39 is 5.60 Å². The molecule has 1 saturated heterocycles. The molecule has 2 rings (SSSR count). The zero-order valence-corrected chi connectivity index (χ0v) is 15.5. The van der Waals surface area contributed by atoms with Gasteiger partial charge in [-0.3, -0.25) is 4.79 Å². The second-order valence-electron chi connectivity index (χ2n) is 7.42. The van der Waals surface area contributed by atoms with Gasteiger partial charge in [-0.15, -0.1) is 0 Å². The van der Waals surface area contributed by atoms with Gasteiger partial charge in [-0.1, -0.05) is 30.3 Å². The van der Waals surface area contributed by atoms with Gasteiger partial charge in [0.25, 0.3) is 0 Å². The molecule has 134 valence electrons. The van der Waals surface area contributed by atoms with Gasteiger partial charge < -0.3 is 14.8 Å². The molecular weight excluding hydrogens is 302 g/mol. The van der Waals surface area contributed by atoms with Crippen molar-refractivity contribution in [2.75, 3.05) is 20.2 Å². The van der Waals surface area contributed by atoms with Crippen LogP contribution < -0.4 is 5.32 Å². The highest BCUT2D eigenvalue weighted by Gasteiger charge is 2.37. The second-order valence-corrected chi connectivity index (χ2v) is 7.42. The number of carbonyl (C=O) groups is 1. The molecule has 2 atom stereocenters. The Hall–Kier alpha value is -1.39. The van der Waals surface area contributed by atoms with Gasteiger partial charge in [0.2, 0.25) is 0 Å². The first-order valence-electron chi connectivity index (χ1n) is 9.05. The van der Waals surface area contributed by atoms with E-state index >= 15 is 0 Å². The van der Waals surface area contributed by atoms with E-state index in [0.717, 1.165) is 25.9 Å². The lowest BCUT2D eigenvalue weighted by Crippen LogP contribution is -2.86. The van der Waals surface area contributed by atoms with Crippen LogP contribution in [0, 0.1) is 11.8 Å². The van der Waals surface area contributed by atoms with Crippen molar-refractivity contribution in [2.24, 2.45) is 11.8 Å². The maximum atomic E-state index is 12.7. The van der Waals surface area contributed by atoms with Crippen molar-refractivity contribution in [2.45, 2.75) is 51.7 Å². The molecule has 4 heteroatoms. The summed E-state index contributed by atoms with van der Waals surface area (Å²) in [6.45, 7) is 8.25. The normalized spacial score (nSPS) is 18.8. The van der Waals surface area contributed by atoms with Crippen molar-refractivity contribution in [3.8, 4) is 0 Å². The van der Waals surface area contributed by atoms with E-state index in [1.165, 1.54) is 5.56 Å². The van der Waals surface area contributed by atoms with Gasteiger partial charge in [0.1, 0.15) is 5.60 Å². The van der Waals surface area contributed by atoms with E-state index in [4.69, 9.17) is 9.47 Å². The molecule has 1 heterocycles. The molecule has 2 N–H and O–H groups in total. The van der Waals surface area contributed by atoms with Gasteiger partial charge in [-0.25, -0.2) is 0 Å². The van der Waals surface area contributed by atoms with E-state index in [-0.39, 0.29) is 18.0 Å². The standard InChI is InChI=1S/C20H31NO3/c1-15(18(23-4)14-16-8-6-5-7-9-16)19(22)24-20(2,3)17-10-12-21-13-11-17/h5-9,15,17-18,21H,10-14H2,1-4H3/p+1. The van der Waals surface area contributed by atoms with Gasteiger partial charge in [0, 0.05) is 25.9 Å². The molecule has 0 radical (unpaired) electrons. The quantitative estimate of drug-likeness (QED) is 0.778. The molecule has 2 unspecified atom stereocenters. The first-order valence-corrected chi connectivity index (χ1v) is 9.05. The first-order chi connectivity index (χ1) is 11.4. The van der Waals surface area contributed by atoms with Crippen LogP contribution in [0.1, 0.15) is 39.2 Å². The fourth-order valence-corrected chi connectivity index (χ4v) is 3.52. The molecule has 0 aromatic heterocycles. The number of quaternary nitrogens is 1. The van der Waals surface area contributed by atoms with Crippen molar-refractivity contribution >= 4 is 5.97 Å². The number of methoxy groups -OCH3 is 1. The highest BCUT2D eigenvalue weighted by atomic mass is 16.6.